The van der Waals surface area contributed by atoms with Crippen molar-refractivity contribution in [1.82, 2.24) is 15.0 Å². The van der Waals surface area contributed by atoms with Crippen molar-refractivity contribution in [2.75, 3.05) is 0 Å². The second-order valence-corrected chi connectivity index (χ2v) is 4.49. The van der Waals surface area contributed by atoms with Gasteiger partial charge in [-0.2, -0.15) is 0 Å². The second-order valence-electron chi connectivity index (χ2n) is 4.49. The fourth-order valence-electron chi connectivity index (χ4n) is 2.05. The number of halogens is 1. The molecule has 2 aromatic heterocycles. The lowest BCUT2D eigenvalue weighted by Crippen LogP contribution is -1.95. The van der Waals surface area contributed by atoms with E-state index in [0.717, 1.165) is 27.9 Å². The molecule has 0 saturated carbocycles. The Morgan fingerprint density at radius 3 is 2.68 bits per heavy atom. The maximum absolute atomic E-state index is 13.1. The second kappa shape index (κ2) is 4.39. The van der Waals surface area contributed by atoms with Crippen LogP contribution in [-0.2, 0) is 0 Å². The molecule has 0 fully saturated rings. The van der Waals surface area contributed by atoms with Crippen molar-refractivity contribution in [3.63, 3.8) is 0 Å². The summed E-state index contributed by atoms with van der Waals surface area (Å²) in [6, 6.07) is 6.56. The van der Waals surface area contributed by atoms with Gasteiger partial charge >= 0.3 is 0 Å². The SMILES string of the molecule is Cc1ncnc(-c2cnc3cc(F)ccc3c2)c1C. The van der Waals surface area contributed by atoms with Crippen LogP contribution in [0.3, 0.4) is 0 Å². The van der Waals surface area contributed by atoms with E-state index in [1.165, 1.54) is 12.1 Å². The average Bonchev–Trinajstić information content (AvgIpc) is 2.41. The van der Waals surface area contributed by atoms with E-state index < -0.39 is 0 Å². The molecule has 0 amide bonds. The van der Waals surface area contributed by atoms with Crippen molar-refractivity contribution in [1.29, 1.82) is 0 Å². The maximum atomic E-state index is 13.1. The molecule has 3 aromatic rings. The Hall–Kier alpha value is -2.36. The Balaban J connectivity index is 2.20. The van der Waals surface area contributed by atoms with Gasteiger partial charge in [-0.3, -0.25) is 4.98 Å². The Morgan fingerprint density at radius 1 is 1.00 bits per heavy atom. The van der Waals surface area contributed by atoms with Gasteiger partial charge in [0, 0.05) is 28.9 Å². The number of pyridine rings is 1. The van der Waals surface area contributed by atoms with Crippen LogP contribution in [0.1, 0.15) is 11.3 Å². The Kier molecular flexibility index (Phi) is 2.71. The Morgan fingerprint density at radius 2 is 1.84 bits per heavy atom. The van der Waals surface area contributed by atoms with Gasteiger partial charge in [0.1, 0.15) is 12.1 Å². The zero-order valence-corrected chi connectivity index (χ0v) is 10.7. The normalized spacial score (nSPS) is 10.9. The first-order valence-electron chi connectivity index (χ1n) is 5.99. The van der Waals surface area contributed by atoms with E-state index in [1.54, 1.807) is 18.6 Å². The first-order chi connectivity index (χ1) is 9.15. The number of nitrogens with zero attached hydrogens (tertiary/aromatic N) is 3. The number of hydrogen-bond donors (Lipinski definition) is 0. The number of aromatic nitrogens is 3. The molecule has 0 N–H and O–H groups in total. The van der Waals surface area contributed by atoms with Crippen LogP contribution in [0.2, 0.25) is 0 Å². The largest absolute Gasteiger partial charge is 0.255 e. The van der Waals surface area contributed by atoms with E-state index >= 15 is 0 Å². The fraction of sp³-hybridized carbons (Fsp3) is 0.133. The molecular formula is C15H12FN3. The van der Waals surface area contributed by atoms with Crippen molar-refractivity contribution in [3.05, 3.63) is 53.9 Å². The van der Waals surface area contributed by atoms with Crippen LogP contribution in [0.15, 0.2) is 36.8 Å². The van der Waals surface area contributed by atoms with Crippen LogP contribution in [0.25, 0.3) is 22.2 Å². The molecule has 0 radical (unpaired) electrons. The quantitative estimate of drug-likeness (QED) is 0.666. The van der Waals surface area contributed by atoms with E-state index in [9.17, 15) is 4.39 Å². The smallest absolute Gasteiger partial charge is 0.125 e. The third-order valence-electron chi connectivity index (χ3n) is 3.26. The zero-order chi connectivity index (χ0) is 13.4. The van der Waals surface area contributed by atoms with E-state index in [4.69, 9.17) is 0 Å². The fourth-order valence-corrected chi connectivity index (χ4v) is 2.05. The molecule has 0 bridgehead atoms. The van der Waals surface area contributed by atoms with Crippen molar-refractivity contribution in [3.8, 4) is 11.3 Å². The highest BCUT2D eigenvalue weighted by Crippen LogP contribution is 2.24. The molecule has 2 heterocycles. The minimum absolute atomic E-state index is 0.276. The van der Waals surface area contributed by atoms with Crippen molar-refractivity contribution in [2.45, 2.75) is 13.8 Å². The van der Waals surface area contributed by atoms with Gasteiger partial charge in [0.2, 0.25) is 0 Å². The summed E-state index contributed by atoms with van der Waals surface area (Å²) in [5, 5.41) is 0.898. The predicted molar refractivity (Wildman–Crippen MR) is 72.2 cm³/mol. The van der Waals surface area contributed by atoms with Crippen LogP contribution in [0.4, 0.5) is 4.39 Å². The van der Waals surface area contributed by atoms with Crippen LogP contribution in [-0.4, -0.2) is 15.0 Å². The van der Waals surface area contributed by atoms with Gasteiger partial charge in [0.05, 0.1) is 11.2 Å². The third-order valence-corrected chi connectivity index (χ3v) is 3.26. The van der Waals surface area contributed by atoms with Gasteiger partial charge < -0.3 is 0 Å². The summed E-state index contributed by atoms with van der Waals surface area (Å²) >= 11 is 0. The van der Waals surface area contributed by atoms with Gasteiger partial charge in [-0.15, -0.1) is 0 Å². The molecule has 3 rings (SSSR count). The predicted octanol–water partition coefficient (Wildman–Crippen LogP) is 3.45. The van der Waals surface area contributed by atoms with Gasteiger partial charge in [0.25, 0.3) is 0 Å². The Labute approximate surface area is 110 Å². The molecule has 0 atom stereocenters. The van der Waals surface area contributed by atoms with Crippen LogP contribution < -0.4 is 0 Å². The summed E-state index contributed by atoms with van der Waals surface area (Å²) in [6.07, 6.45) is 3.27. The maximum Gasteiger partial charge on any atom is 0.125 e. The molecule has 0 aliphatic rings. The van der Waals surface area contributed by atoms with Crippen molar-refractivity contribution >= 4 is 10.9 Å². The van der Waals surface area contributed by atoms with Gasteiger partial charge in [0.15, 0.2) is 0 Å². The molecule has 19 heavy (non-hydrogen) atoms. The van der Waals surface area contributed by atoms with Gasteiger partial charge in [-0.1, -0.05) is 0 Å². The molecule has 94 valence electrons. The highest BCUT2D eigenvalue weighted by molar-refractivity contribution is 5.83. The molecule has 1 aromatic carbocycles. The van der Waals surface area contributed by atoms with E-state index in [1.807, 2.05) is 19.9 Å². The van der Waals surface area contributed by atoms with E-state index in [-0.39, 0.29) is 5.82 Å². The summed E-state index contributed by atoms with van der Waals surface area (Å²) in [7, 11) is 0. The van der Waals surface area contributed by atoms with Gasteiger partial charge in [-0.25, -0.2) is 14.4 Å². The van der Waals surface area contributed by atoms with E-state index in [2.05, 4.69) is 15.0 Å². The number of hydrogen-bond acceptors (Lipinski definition) is 3. The summed E-state index contributed by atoms with van der Waals surface area (Å²) in [5.41, 5.74) is 4.41. The molecule has 0 aliphatic carbocycles. The molecule has 4 heteroatoms. The highest BCUT2D eigenvalue weighted by atomic mass is 19.1. The zero-order valence-electron chi connectivity index (χ0n) is 10.7. The van der Waals surface area contributed by atoms with Crippen LogP contribution in [0.5, 0.6) is 0 Å². The average molecular weight is 253 g/mol. The molecule has 3 nitrogen and oxygen atoms in total. The minimum Gasteiger partial charge on any atom is -0.255 e. The molecule has 0 saturated heterocycles. The molecule has 0 unspecified atom stereocenters. The monoisotopic (exact) mass is 253 g/mol. The Bertz CT molecular complexity index is 768. The summed E-state index contributed by atoms with van der Waals surface area (Å²) in [5.74, 6) is -0.276. The van der Waals surface area contributed by atoms with Crippen LogP contribution in [0, 0.1) is 19.7 Å². The van der Waals surface area contributed by atoms with Crippen molar-refractivity contribution < 1.29 is 4.39 Å². The van der Waals surface area contributed by atoms with E-state index in [0.29, 0.717) is 5.52 Å². The van der Waals surface area contributed by atoms with Gasteiger partial charge in [-0.05, 0) is 37.6 Å². The summed E-state index contributed by atoms with van der Waals surface area (Å²) in [6.45, 7) is 3.93. The molecule has 0 aliphatic heterocycles. The number of aryl methyl sites for hydroxylation is 1. The lowest BCUT2D eigenvalue weighted by Gasteiger charge is -2.07. The lowest BCUT2D eigenvalue weighted by atomic mass is 10.1. The minimum atomic E-state index is -0.276. The number of rotatable bonds is 1. The number of fused-ring (bicyclic) bond motifs is 1. The topological polar surface area (TPSA) is 38.7 Å². The molecular weight excluding hydrogens is 241 g/mol. The van der Waals surface area contributed by atoms with Crippen LogP contribution >= 0.6 is 0 Å². The number of benzene rings is 1. The first-order valence-corrected chi connectivity index (χ1v) is 5.99. The third kappa shape index (κ3) is 2.05. The standard InChI is InChI=1S/C15H12FN3/c1-9-10(2)18-8-19-15(9)12-5-11-3-4-13(16)6-14(11)17-7-12/h3-8H,1-2H3. The highest BCUT2D eigenvalue weighted by Gasteiger charge is 2.08. The summed E-state index contributed by atoms with van der Waals surface area (Å²) in [4.78, 5) is 12.8. The summed E-state index contributed by atoms with van der Waals surface area (Å²) < 4.78 is 13.1. The molecule has 0 spiro atoms. The lowest BCUT2D eigenvalue weighted by molar-refractivity contribution is 0.629. The first kappa shape index (κ1) is 11.7. The van der Waals surface area contributed by atoms with Crippen molar-refractivity contribution in [2.24, 2.45) is 0 Å².